The average molecular weight is 223 g/mol. The van der Waals surface area contributed by atoms with Crippen LogP contribution in [0.3, 0.4) is 0 Å². The smallest absolute Gasteiger partial charge is 0.123 e. The average Bonchev–Trinajstić information content (AvgIpc) is 2.34. The Hall–Kier alpha value is -1.06. The molecule has 0 bridgehead atoms. The lowest BCUT2D eigenvalue weighted by Crippen LogP contribution is -2.16. The van der Waals surface area contributed by atoms with Crippen LogP contribution >= 0.6 is 0 Å². The van der Waals surface area contributed by atoms with E-state index in [-0.39, 0.29) is 0 Å². The van der Waals surface area contributed by atoms with E-state index in [4.69, 9.17) is 9.47 Å². The van der Waals surface area contributed by atoms with Crippen molar-refractivity contribution in [1.82, 2.24) is 5.32 Å². The first-order chi connectivity index (χ1) is 7.88. The predicted molar refractivity (Wildman–Crippen MR) is 65.8 cm³/mol. The standard InChI is InChI=1S/C13H21NO2/c1-3-16-10-6-9-14-11-12-7-4-5-8-13(12)15-2/h4-5,7-8,14H,3,6,9-11H2,1-2H3. The highest BCUT2D eigenvalue weighted by atomic mass is 16.5. The number of hydrogen-bond acceptors (Lipinski definition) is 3. The number of para-hydroxylation sites is 1. The normalized spacial score (nSPS) is 10.4. The van der Waals surface area contributed by atoms with Crippen LogP contribution in [0, 0.1) is 0 Å². The molecule has 1 aromatic rings. The molecule has 0 saturated carbocycles. The van der Waals surface area contributed by atoms with Crippen LogP contribution in [0.4, 0.5) is 0 Å². The molecule has 0 aliphatic rings. The zero-order valence-corrected chi connectivity index (χ0v) is 10.2. The first-order valence-corrected chi connectivity index (χ1v) is 5.78. The molecule has 0 atom stereocenters. The lowest BCUT2D eigenvalue weighted by Gasteiger charge is -2.09. The van der Waals surface area contributed by atoms with Crippen LogP contribution < -0.4 is 10.1 Å². The molecule has 90 valence electrons. The lowest BCUT2D eigenvalue weighted by atomic mass is 10.2. The van der Waals surface area contributed by atoms with Crippen molar-refractivity contribution >= 4 is 0 Å². The van der Waals surface area contributed by atoms with Gasteiger partial charge in [-0.3, -0.25) is 0 Å². The summed E-state index contributed by atoms with van der Waals surface area (Å²) in [6.07, 6.45) is 1.04. The molecule has 3 nitrogen and oxygen atoms in total. The van der Waals surface area contributed by atoms with Crippen molar-refractivity contribution in [2.75, 3.05) is 26.9 Å². The second-order valence-corrected chi connectivity index (χ2v) is 3.54. The van der Waals surface area contributed by atoms with Gasteiger partial charge in [-0.1, -0.05) is 18.2 Å². The molecule has 1 aromatic carbocycles. The van der Waals surface area contributed by atoms with Gasteiger partial charge in [0.15, 0.2) is 0 Å². The van der Waals surface area contributed by atoms with Gasteiger partial charge in [0.1, 0.15) is 5.75 Å². The molecule has 0 aliphatic carbocycles. The van der Waals surface area contributed by atoms with Gasteiger partial charge in [-0.15, -0.1) is 0 Å². The molecule has 0 unspecified atom stereocenters. The highest BCUT2D eigenvalue weighted by Gasteiger charge is 1.99. The van der Waals surface area contributed by atoms with Crippen LogP contribution in [0.2, 0.25) is 0 Å². The van der Waals surface area contributed by atoms with Crippen molar-refractivity contribution in [3.05, 3.63) is 29.8 Å². The number of ether oxygens (including phenoxy) is 2. The third-order valence-electron chi connectivity index (χ3n) is 2.35. The lowest BCUT2D eigenvalue weighted by molar-refractivity contribution is 0.144. The minimum atomic E-state index is 0.798. The van der Waals surface area contributed by atoms with Crippen molar-refractivity contribution in [3.8, 4) is 5.75 Å². The number of benzene rings is 1. The van der Waals surface area contributed by atoms with E-state index in [0.717, 1.165) is 38.5 Å². The molecule has 3 heteroatoms. The third-order valence-corrected chi connectivity index (χ3v) is 2.35. The van der Waals surface area contributed by atoms with E-state index < -0.39 is 0 Å². The summed E-state index contributed by atoms with van der Waals surface area (Å²) in [6.45, 7) is 5.46. The van der Waals surface area contributed by atoms with Crippen LogP contribution in [-0.2, 0) is 11.3 Å². The van der Waals surface area contributed by atoms with Crippen LogP contribution in [0.1, 0.15) is 18.9 Å². The summed E-state index contributed by atoms with van der Waals surface area (Å²) >= 11 is 0. The Morgan fingerprint density at radius 2 is 2.06 bits per heavy atom. The summed E-state index contributed by atoms with van der Waals surface area (Å²) in [4.78, 5) is 0. The zero-order chi connectivity index (χ0) is 11.6. The maximum atomic E-state index is 5.28. The van der Waals surface area contributed by atoms with E-state index in [1.54, 1.807) is 7.11 Å². The van der Waals surface area contributed by atoms with Gasteiger partial charge in [0, 0.05) is 25.3 Å². The molecule has 0 aromatic heterocycles. The van der Waals surface area contributed by atoms with Crippen molar-refractivity contribution in [2.24, 2.45) is 0 Å². The van der Waals surface area contributed by atoms with Crippen molar-refractivity contribution in [3.63, 3.8) is 0 Å². The summed E-state index contributed by atoms with van der Waals surface area (Å²) in [5.74, 6) is 0.944. The van der Waals surface area contributed by atoms with Crippen LogP contribution in [0.25, 0.3) is 0 Å². The second-order valence-electron chi connectivity index (χ2n) is 3.54. The molecule has 1 N–H and O–H groups in total. The van der Waals surface area contributed by atoms with Crippen molar-refractivity contribution in [1.29, 1.82) is 0 Å². The molecule has 0 amide bonds. The fraction of sp³-hybridized carbons (Fsp3) is 0.538. The second kappa shape index (κ2) is 8.13. The topological polar surface area (TPSA) is 30.5 Å². The number of methoxy groups -OCH3 is 1. The van der Waals surface area contributed by atoms with Gasteiger partial charge in [0.05, 0.1) is 7.11 Å². The van der Waals surface area contributed by atoms with Gasteiger partial charge in [0.2, 0.25) is 0 Å². The molecule has 0 spiro atoms. The third kappa shape index (κ3) is 4.64. The molecule has 0 fully saturated rings. The molecular weight excluding hydrogens is 202 g/mol. The predicted octanol–water partition coefficient (Wildman–Crippen LogP) is 2.21. The van der Waals surface area contributed by atoms with E-state index in [9.17, 15) is 0 Å². The monoisotopic (exact) mass is 223 g/mol. The van der Waals surface area contributed by atoms with E-state index >= 15 is 0 Å². The van der Waals surface area contributed by atoms with Gasteiger partial charge in [0.25, 0.3) is 0 Å². The highest BCUT2D eigenvalue weighted by molar-refractivity contribution is 5.32. The fourth-order valence-electron chi connectivity index (χ4n) is 1.52. The molecule has 0 saturated heterocycles. The quantitative estimate of drug-likeness (QED) is 0.685. The minimum absolute atomic E-state index is 0.798. The van der Waals surface area contributed by atoms with Gasteiger partial charge >= 0.3 is 0 Å². The zero-order valence-electron chi connectivity index (χ0n) is 10.2. The van der Waals surface area contributed by atoms with Gasteiger partial charge in [-0.2, -0.15) is 0 Å². The first-order valence-electron chi connectivity index (χ1n) is 5.78. The molecular formula is C13H21NO2. The maximum absolute atomic E-state index is 5.28. The van der Waals surface area contributed by atoms with Crippen LogP contribution in [-0.4, -0.2) is 26.9 Å². The molecule has 0 radical (unpaired) electrons. The summed E-state index contributed by atoms with van der Waals surface area (Å²) in [5.41, 5.74) is 1.20. The molecule has 16 heavy (non-hydrogen) atoms. The SMILES string of the molecule is CCOCCCNCc1ccccc1OC. The van der Waals surface area contributed by atoms with Gasteiger partial charge < -0.3 is 14.8 Å². The fourth-order valence-corrected chi connectivity index (χ4v) is 1.52. The van der Waals surface area contributed by atoms with Gasteiger partial charge in [-0.25, -0.2) is 0 Å². The summed E-state index contributed by atoms with van der Waals surface area (Å²) < 4.78 is 10.5. The Bertz CT molecular complexity index is 289. The highest BCUT2D eigenvalue weighted by Crippen LogP contribution is 2.16. The molecule has 0 aliphatic heterocycles. The summed E-state index contributed by atoms with van der Waals surface area (Å²) in [5, 5.41) is 3.38. The molecule has 0 heterocycles. The Morgan fingerprint density at radius 1 is 1.25 bits per heavy atom. The minimum Gasteiger partial charge on any atom is -0.496 e. The van der Waals surface area contributed by atoms with E-state index in [1.165, 1.54) is 5.56 Å². The Balaban J connectivity index is 2.21. The van der Waals surface area contributed by atoms with Crippen molar-refractivity contribution in [2.45, 2.75) is 19.9 Å². The number of hydrogen-bond donors (Lipinski definition) is 1. The largest absolute Gasteiger partial charge is 0.496 e. The van der Waals surface area contributed by atoms with Crippen LogP contribution in [0.15, 0.2) is 24.3 Å². The van der Waals surface area contributed by atoms with Gasteiger partial charge in [-0.05, 0) is 26.0 Å². The Kier molecular flexibility index (Phi) is 6.61. The number of nitrogens with one attached hydrogen (secondary N) is 1. The maximum Gasteiger partial charge on any atom is 0.123 e. The number of rotatable bonds is 8. The van der Waals surface area contributed by atoms with E-state index in [2.05, 4.69) is 11.4 Å². The first kappa shape index (κ1) is 13.0. The summed E-state index contributed by atoms with van der Waals surface area (Å²) in [7, 11) is 1.70. The molecule has 1 rings (SSSR count). The Morgan fingerprint density at radius 3 is 2.81 bits per heavy atom. The Labute approximate surface area is 97.8 Å². The van der Waals surface area contributed by atoms with Crippen LogP contribution in [0.5, 0.6) is 5.75 Å². The summed E-state index contributed by atoms with van der Waals surface area (Å²) in [6, 6.07) is 8.07. The van der Waals surface area contributed by atoms with E-state index in [1.807, 2.05) is 25.1 Å². The van der Waals surface area contributed by atoms with Crippen molar-refractivity contribution < 1.29 is 9.47 Å². The van der Waals surface area contributed by atoms with E-state index in [0.29, 0.717) is 0 Å².